The van der Waals surface area contributed by atoms with E-state index in [4.69, 9.17) is 13.9 Å². The number of rotatable bonds is 7. The molecular weight excluding hydrogens is 342 g/mol. The molecule has 0 aliphatic carbocycles. The predicted molar refractivity (Wildman–Crippen MR) is 103 cm³/mol. The predicted octanol–water partition coefficient (Wildman–Crippen LogP) is 4.32. The largest absolute Gasteiger partial charge is 0.497 e. The SMILES string of the molecule is COc1ccc(CC(NC(=O)c2ccc(C)o2)c2ccc(OC)cc2)cc1. The number of nitrogens with one attached hydrogen (secondary N) is 1. The molecule has 0 fully saturated rings. The number of furan rings is 1. The van der Waals surface area contributed by atoms with Gasteiger partial charge in [-0.15, -0.1) is 0 Å². The molecular formula is C22H23NO4. The van der Waals surface area contributed by atoms with Gasteiger partial charge in [0, 0.05) is 0 Å². The molecule has 0 radical (unpaired) electrons. The molecule has 1 N–H and O–H groups in total. The molecule has 0 saturated heterocycles. The van der Waals surface area contributed by atoms with E-state index in [2.05, 4.69) is 5.32 Å². The van der Waals surface area contributed by atoms with Gasteiger partial charge in [-0.2, -0.15) is 0 Å². The molecule has 3 rings (SSSR count). The van der Waals surface area contributed by atoms with Gasteiger partial charge in [0.15, 0.2) is 5.76 Å². The summed E-state index contributed by atoms with van der Waals surface area (Å²) < 4.78 is 15.9. The van der Waals surface area contributed by atoms with E-state index in [1.165, 1.54) is 0 Å². The fourth-order valence-electron chi connectivity index (χ4n) is 2.87. The Labute approximate surface area is 158 Å². The lowest BCUT2D eigenvalue weighted by molar-refractivity contribution is 0.0907. The highest BCUT2D eigenvalue weighted by molar-refractivity contribution is 5.91. The van der Waals surface area contributed by atoms with Gasteiger partial charge in [-0.05, 0) is 60.9 Å². The van der Waals surface area contributed by atoms with Crippen LogP contribution in [-0.2, 0) is 6.42 Å². The topological polar surface area (TPSA) is 60.7 Å². The first-order valence-electron chi connectivity index (χ1n) is 8.73. The van der Waals surface area contributed by atoms with Gasteiger partial charge in [0.1, 0.15) is 17.3 Å². The van der Waals surface area contributed by atoms with Crippen molar-refractivity contribution in [3.63, 3.8) is 0 Å². The first-order valence-corrected chi connectivity index (χ1v) is 8.73. The third-order valence-electron chi connectivity index (χ3n) is 4.39. The molecule has 1 heterocycles. The summed E-state index contributed by atoms with van der Waals surface area (Å²) in [5, 5.41) is 3.07. The zero-order valence-electron chi connectivity index (χ0n) is 15.7. The molecule has 1 atom stereocenters. The Morgan fingerprint density at radius 1 is 0.926 bits per heavy atom. The molecule has 0 aliphatic rings. The smallest absolute Gasteiger partial charge is 0.287 e. The van der Waals surface area contributed by atoms with E-state index in [9.17, 15) is 4.79 Å². The average Bonchev–Trinajstić information content (AvgIpc) is 3.14. The average molecular weight is 365 g/mol. The Balaban J connectivity index is 1.83. The maximum absolute atomic E-state index is 12.6. The maximum Gasteiger partial charge on any atom is 0.287 e. The Morgan fingerprint density at radius 3 is 2.04 bits per heavy atom. The lowest BCUT2D eigenvalue weighted by Gasteiger charge is -2.19. The van der Waals surface area contributed by atoms with Crippen LogP contribution in [0.15, 0.2) is 65.1 Å². The molecule has 27 heavy (non-hydrogen) atoms. The zero-order chi connectivity index (χ0) is 19.2. The van der Waals surface area contributed by atoms with Crippen LogP contribution in [-0.4, -0.2) is 20.1 Å². The van der Waals surface area contributed by atoms with Gasteiger partial charge in [-0.3, -0.25) is 4.79 Å². The summed E-state index contributed by atoms with van der Waals surface area (Å²) in [7, 11) is 3.27. The van der Waals surface area contributed by atoms with Crippen molar-refractivity contribution >= 4 is 5.91 Å². The summed E-state index contributed by atoms with van der Waals surface area (Å²) >= 11 is 0. The summed E-state index contributed by atoms with van der Waals surface area (Å²) in [5.74, 6) is 2.35. The van der Waals surface area contributed by atoms with Crippen LogP contribution in [0.25, 0.3) is 0 Å². The fraction of sp³-hybridized carbons (Fsp3) is 0.227. The second kappa shape index (κ2) is 8.45. The lowest BCUT2D eigenvalue weighted by atomic mass is 9.98. The van der Waals surface area contributed by atoms with Crippen molar-refractivity contribution in [3.05, 3.63) is 83.3 Å². The van der Waals surface area contributed by atoms with Crippen molar-refractivity contribution in [1.82, 2.24) is 5.32 Å². The number of amides is 1. The Morgan fingerprint density at radius 2 is 1.52 bits per heavy atom. The summed E-state index contributed by atoms with van der Waals surface area (Å²) in [6.45, 7) is 1.81. The zero-order valence-corrected chi connectivity index (χ0v) is 15.7. The molecule has 2 aromatic carbocycles. The van der Waals surface area contributed by atoms with Gasteiger partial charge in [-0.1, -0.05) is 24.3 Å². The quantitative estimate of drug-likeness (QED) is 0.677. The first kappa shape index (κ1) is 18.6. The van der Waals surface area contributed by atoms with Crippen LogP contribution in [0.5, 0.6) is 11.5 Å². The lowest BCUT2D eigenvalue weighted by Crippen LogP contribution is -2.29. The van der Waals surface area contributed by atoms with E-state index in [0.29, 0.717) is 17.9 Å². The molecule has 3 aromatic rings. The molecule has 0 spiro atoms. The van der Waals surface area contributed by atoms with Crippen LogP contribution in [0.2, 0.25) is 0 Å². The number of ether oxygens (including phenoxy) is 2. The van der Waals surface area contributed by atoms with E-state index >= 15 is 0 Å². The Hall–Kier alpha value is -3.21. The minimum atomic E-state index is -0.238. The number of carbonyl (C=O) groups is 1. The van der Waals surface area contributed by atoms with Crippen molar-refractivity contribution in [2.24, 2.45) is 0 Å². The maximum atomic E-state index is 12.6. The third kappa shape index (κ3) is 4.70. The Bertz CT molecular complexity index is 881. The van der Waals surface area contributed by atoms with Crippen LogP contribution in [0.4, 0.5) is 0 Å². The van der Waals surface area contributed by atoms with Gasteiger partial charge < -0.3 is 19.2 Å². The third-order valence-corrected chi connectivity index (χ3v) is 4.39. The van der Waals surface area contributed by atoms with Crippen molar-refractivity contribution < 1.29 is 18.7 Å². The van der Waals surface area contributed by atoms with Gasteiger partial charge in [0.2, 0.25) is 0 Å². The second-order valence-corrected chi connectivity index (χ2v) is 6.26. The highest BCUT2D eigenvalue weighted by Gasteiger charge is 2.19. The van der Waals surface area contributed by atoms with Crippen molar-refractivity contribution in [2.75, 3.05) is 14.2 Å². The normalized spacial score (nSPS) is 11.7. The minimum absolute atomic E-state index is 0.206. The van der Waals surface area contributed by atoms with Crippen molar-refractivity contribution in [2.45, 2.75) is 19.4 Å². The number of hydrogen-bond donors (Lipinski definition) is 1. The molecule has 1 amide bonds. The highest BCUT2D eigenvalue weighted by Crippen LogP contribution is 2.23. The van der Waals surface area contributed by atoms with Gasteiger partial charge in [0.05, 0.1) is 20.3 Å². The van der Waals surface area contributed by atoms with E-state index in [-0.39, 0.29) is 11.9 Å². The second-order valence-electron chi connectivity index (χ2n) is 6.26. The van der Waals surface area contributed by atoms with Crippen LogP contribution in [0.3, 0.4) is 0 Å². The van der Waals surface area contributed by atoms with Gasteiger partial charge in [-0.25, -0.2) is 0 Å². The summed E-state index contributed by atoms with van der Waals surface area (Å²) in [6.07, 6.45) is 0.641. The molecule has 1 unspecified atom stereocenters. The first-order chi connectivity index (χ1) is 13.1. The number of benzene rings is 2. The fourth-order valence-corrected chi connectivity index (χ4v) is 2.87. The molecule has 0 aliphatic heterocycles. The standard InChI is InChI=1S/C22H23NO4/c1-15-4-13-21(27-15)22(24)23-20(17-7-11-19(26-3)12-8-17)14-16-5-9-18(25-2)10-6-16/h4-13,20H,14H2,1-3H3,(H,23,24). The molecule has 0 saturated carbocycles. The highest BCUT2D eigenvalue weighted by atomic mass is 16.5. The monoisotopic (exact) mass is 365 g/mol. The van der Waals surface area contributed by atoms with Crippen LogP contribution in [0.1, 0.15) is 33.5 Å². The van der Waals surface area contributed by atoms with Crippen LogP contribution in [0, 0.1) is 6.92 Å². The molecule has 5 heteroatoms. The van der Waals surface area contributed by atoms with E-state index in [1.54, 1.807) is 26.4 Å². The molecule has 5 nitrogen and oxygen atoms in total. The van der Waals surface area contributed by atoms with Gasteiger partial charge >= 0.3 is 0 Å². The number of hydrogen-bond acceptors (Lipinski definition) is 4. The Kier molecular flexibility index (Phi) is 5.81. The number of aryl methyl sites for hydroxylation is 1. The number of methoxy groups -OCH3 is 2. The van der Waals surface area contributed by atoms with E-state index < -0.39 is 0 Å². The summed E-state index contributed by atoms with van der Waals surface area (Å²) in [4.78, 5) is 12.6. The molecule has 140 valence electrons. The van der Waals surface area contributed by atoms with Crippen LogP contribution < -0.4 is 14.8 Å². The molecule has 0 bridgehead atoms. The minimum Gasteiger partial charge on any atom is -0.497 e. The van der Waals surface area contributed by atoms with E-state index in [0.717, 1.165) is 22.6 Å². The number of carbonyl (C=O) groups excluding carboxylic acids is 1. The van der Waals surface area contributed by atoms with Crippen LogP contribution >= 0.6 is 0 Å². The molecule has 1 aromatic heterocycles. The summed E-state index contributed by atoms with van der Waals surface area (Å²) in [5.41, 5.74) is 2.08. The van der Waals surface area contributed by atoms with Gasteiger partial charge in [0.25, 0.3) is 5.91 Å². The van der Waals surface area contributed by atoms with E-state index in [1.807, 2.05) is 55.5 Å². The van der Waals surface area contributed by atoms with Crippen molar-refractivity contribution in [1.29, 1.82) is 0 Å². The summed E-state index contributed by atoms with van der Waals surface area (Å²) in [6, 6.07) is 18.8. The van der Waals surface area contributed by atoms with Crippen molar-refractivity contribution in [3.8, 4) is 11.5 Å².